The number of carbonyl (C=O) groups excluding carboxylic acids is 1. The predicted octanol–water partition coefficient (Wildman–Crippen LogP) is 5.94. The summed E-state index contributed by atoms with van der Waals surface area (Å²) in [5.41, 5.74) is 4.56. The summed E-state index contributed by atoms with van der Waals surface area (Å²) < 4.78 is 7.44. The van der Waals surface area contributed by atoms with Crippen molar-refractivity contribution in [2.45, 2.75) is 19.0 Å². The first-order chi connectivity index (χ1) is 16.0. The van der Waals surface area contributed by atoms with E-state index in [9.17, 15) is 4.79 Å². The van der Waals surface area contributed by atoms with Gasteiger partial charge in [0.25, 0.3) is 0 Å². The van der Waals surface area contributed by atoms with Crippen LogP contribution in [-0.4, -0.2) is 33.5 Å². The van der Waals surface area contributed by atoms with Crippen molar-refractivity contribution in [2.24, 2.45) is 0 Å². The molecule has 1 heterocycles. The summed E-state index contributed by atoms with van der Waals surface area (Å²) in [5, 5.41) is 13.0. The van der Waals surface area contributed by atoms with E-state index < -0.39 is 0 Å². The van der Waals surface area contributed by atoms with Gasteiger partial charge in [-0.15, -0.1) is 10.2 Å². The lowest BCUT2D eigenvalue weighted by Gasteiger charge is -2.13. The number of ether oxygens (including phenoxy) is 1. The summed E-state index contributed by atoms with van der Waals surface area (Å²) in [7, 11) is 1.62. The van der Waals surface area contributed by atoms with Crippen LogP contribution in [0.15, 0.2) is 71.9 Å². The van der Waals surface area contributed by atoms with Gasteiger partial charge in [-0.3, -0.25) is 9.36 Å². The zero-order chi connectivity index (χ0) is 23.4. The fourth-order valence-electron chi connectivity index (χ4n) is 3.38. The maximum absolute atomic E-state index is 12.7. The molecule has 4 aromatic rings. The number of para-hydroxylation sites is 1. The van der Waals surface area contributed by atoms with E-state index in [1.807, 2.05) is 85.1 Å². The molecule has 3 aromatic carbocycles. The topological polar surface area (TPSA) is 69.0 Å². The minimum absolute atomic E-state index is 0.113. The number of aryl methyl sites for hydroxylation is 2. The Labute approximate surface area is 202 Å². The summed E-state index contributed by atoms with van der Waals surface area (Å²) >= 11 is 7.42. The molecule has 0 spiro atoms. The van der Waals surface area contributed by atoms with Gasteiger partial charge in [0.1, 0.15) is 5.75 Å². The summed E-state index contributed by atoms with van der Waals surface area (Å²) in [4.78, 5) is 12.7. The number of halogens is 1. The number of thioether (sulfide) groups is 1. The predicted molar refractivity (Wildman–Crippen MR) is 134 cm³/mol. The van der Waals surface area contributed by atoms with Crippen LogP contribution in [0.4, 0.5) is 5.69 Å². The lowest BCUT2D eigenvalue weighted by molar-refractivity contribution is -0.113. The largest absolute Gasteiger partial charge is 0.496 e. The van der Waals surface area contributed by atoms with E-state index in [1.54, 1.807) is 7.11 Å². The summed E-state index contributed by atoms with van der Waals surface area (Å²) in [6.07, 6.45) is 0. The number of hydrogen-bond donors (Lipinski definition) is 1. The highest BCUT2D eigenvalue weighted by Crippen LogP contribution is 2.33. The van der Waals surface area contributed by atoms with Crippen LogP contribution in [0.3, 0.4) is 0 Å². The molecular weight excluding hydrogens is 456 g/mol. The Morgan fingerprint density at radius 1 is 1.06 bits per heavy atom. The van der Waals surface area contributed by atoms with Gasteiger partial charge in [0, 0.05) is 16.4 Å². The second kappa shape index (κ2) is 10.1. The number of hydrogen-bond acceptors (Lipinski definition) is 5. The van der Waals surface area contributed by atoms with Gasteiger partial charge in [-0.1, -0.05) is 47.6 Å². The lowest BCUT2D eigenvalue weighted by Crippen LogP contribution is -2.15. The van der Waals surface area contributed by atoms with Crippen molar-refractivity contribution < 1.29 is 9.53 Å². The van der Waals surface area contributed by atoms with Gasteiger partial charge >= 0.3 is 0 Å². The van der Waals surface area contributed by atoms with E-state index in [1.165, 1.54) is 11.8 Å². The molecule has 0 saturated carbocycles. The Bertz CT molecular complexity index is 1290. The van der Waals surface area contributed by atoms with Gasteiger partial charge in [0.05, 0.1) is 18.4 Å². The van der Waals surface area contributed by atoms with Gasteiger partial charge < -0.3 is 10.1 Å². The van der Waals surface area contributed by atoms with Crippen LogP contribution < -0.4 is 10.1 Å². The van der Waals surface area contributed by atoms with Crippen LogP contribution in [0.5, 0.6) is 5.75 Å². The molecule has 0 aliphatic heterocycles. The van der Waals surface area contributed by atoms with E-state index in [2.05, 4.69) is 15.5 Å². The SMILES string of the molecule is COc1ccccc1-c1nnc(SCC(=O)Nc2cc(C)ccc2C)n1-c1ccc(Cl)cc1. The first-order valence-electron chi connectivity index (χ1n) is 10.3. The standard InChI is InChI=1S/C25H23ClN4O2S/c1-16-8-9-17(2)21(14-16)27-23(31)15-33-25-29-28-24(20-6-4-5-7-22(20)32-3)30(25)19-12-10-18(26)11-13-19/h4-14H,15H2,1-3H3,(H,27,31). The van der Waals surface area contributed by atoms with Crippen molar-refractivity contribution in [1.29, 1.82) is 0 Å². The van der Waals surface area contributed by atoms with Crippen LogP contribution >= 0.6 is 23.4 Å². The highest BCUT2D eigenvalue weighted by molar-refractivity contribution is 7.99. The van der Waals surface area contributed by atoms with Crippen LogP contribution in [-0.2, 0) is 4.79 Å². The van der Waals surface area contributed by atoms with E-state index in [0.717, 1.165) is 28.1 Å². The Kier molecular flexibility index (Phi) is 7.01. The third kappa shape index (κ3) is 5.21. The van der Waals surface area contributed by atoms with Gasteiger partial charge in [0.15, 0.2) is 11.0 Å². The summed E-state index contributed by atoms with van der Waals surface area (Å²) in [6, 6.07) is 21.0. The fraction of sp³-hybridized carbons (Fsp3) is 0.160. The quantitative estimate of drug-likeness (QED) is 0.333. The molecule has 0 saturated heterocycles. The van der Waals surface area contributed by atoms with Crippen molar-refractivity contribution in [3.63, 3.8) is 0 Å². The maximum Gasteiger partial charge on any atom is 0.234 e. The molecule has 0 atom stereocenters. The van der Waals surface area contributed by atoms with Crippen molar-refractivity contribution >= 4 is 35.0 Å². The Hall–Kier alpha value is -3.29. The van der Waals surface area contributed by atoms with Crippen molar-refractivity contribution in [1.82, 2.24) is 14.8 Å². The van der Waals surface area contributed by atoms with Gasteiger partial charge in [0.2, 0.25) is 5.91 Å². The van der Waals surface area contributed by atoms with Gasteiger partial charge in [-0.2, -0.15) is 0 Å². The zero-order valence-electron chi connectivity index (χ0n) is 18.5. The smallest absolute Gasteiger partial charge is 0.234 e. The fourth-order valence-corrected chi connectivity index (χ4v) is 4.25. The van der Waals surface area contributed by atoms with Crippen molar-refractivity contribution in [2.75, 3.05) is 18.2 Å². The number of amides is 1. The Morgan fingerprint density at radius 3 is 2.58 bits per heavy atom. The van der Waals surface area contributed by atoms with Crippen LogP contribution in [0, 0.1) is 13.8 Å². The van der Waals surface area contributed by atoms with E-state index in [0.29, 0.717) is 21.8 Å². The van der Waals surface area contributed by atoms with Gasteiger partial charge in [-0.25, -0.2) is 0 Å². The van der Waals surface area contributed by atoms with E-state index >= 15 is 0 Å². The second-order valence-electron chi connectivity index (χ2n) is 7.47. The molecule has 4 rings (SSSR count). The van der Waals surface area contributed by atoms with Crippen LogP contribution in [0.2, 0.25) is 5.02 Å². The number of benzene rings is 3. The molecule has 8 heteroatoms. The number of anilines is 1. The molecule has 0 aliphatic rings. The molecule has 1 aromatic heterocycles. The molecule has 6 nitrogen and oxygen atoms in total. The number of rotatable bonds is 7. The second-order valence-corrected chi connectivity index (χ2v) is 8.85. The first-order valence-corrected chi connectivity index (χ1v) is 11.7. The van der Waals surface area contributed by atoms with Crippen LogP contribution in [0.1, 0.15) is 11.1 Å². The van der Waals surface area contributed by atoms with Gasteiger partial charge in [-0.05, 0) is 67.4 Å². The van der Waals surface area contributed by atoms with E-state index in [-0.39, 0.29) is 11.7 Å². The minimum atomic E-state index is -0.113. The number of nitrogens with one attached hydrogen (secondary N) is 1. The number of methoxy groups -OCH3 is 1. The third-order valence-electron chi connectivity index (χ3n) is 5.07. The van der Waals surface area contributed by atoms with Crippen molar-refractivity contribution in [3.8, 4) is 22.8 Å². The molecule has 1 N–H and O–H groups in total. The van der Waals surface area contributed by atoms with Crippen molar-refractivity contribution in [3.05, 3.63) is 82.9 Å². The molecule has 168 valence electrons. The highest BCUT2D eigenvalue weighted by Gasteiger charge is 2.20. The normalized spacial score (nSPS) is 10.8. The lowest BCUT2D eigenvalue weighted by atomic mass is 10.1. The molecular formula is C25H23ClN4O2S. The molecule has 0 aliphatic carbocycles. The highest BCUT2D eigenvalue weighted by atomic mass is 35.5. The Balaban J connectivity index is 1.64. The van der Waals surface area contributed by atoms with Crippen LogP contribution in [0.25, 0.3) is 17.1 Å². The number of nitrogens with zero attached hydrogens (tertiary/aromatic N) is 3. The van der Waals surface area contributed by atoms with E-state index in [4.69, 9.17) is 16.3 Å². The average molecular weight is 479 g/mol. The summed E-state index contributed by atoms with van der Waals surface area (Å²) in [6.45, 7) is 3.97. The molecule has 0 unspecified atom stereocenters. The molecule has 0 bridgehead atoms. The molecule has 0 radical (unpaired) electrons. The molecule has 1 amide bonds. The minimum Gasteiger partial charge on any atom is -0.496 e. The average Bonchev–Trinajstić information content (AvgIpc) is 3.24. The monoisotopic (exact) mass is 478 g/mol. The number of carbonyl (C=O) groups is 1. The Morgan fingerprint density at radius 2 is 1.82 bits per heavy atom. The number of aromatic nitrogens is 3. The maximum atomic E-state index is 12.7. The zero-order valence-corrected chi connectivity index (χ0v) is 20.1. The summed E-state index contributed by atoms with van der Waals surface area (Å²) in [5.74, 6) is 1.38. The molecule has 33 heavy (non-hydrogen) atoms. The molecule has 0 fully saturated rings. The third-order valence-corrected chi connectivity index (χ3v) is 6.25. The first kappa shape index (κ1) is 22.9.